The summed E-state index contributed by atoms with van der Waals surface area (Å²) < 4.78 is 0. The quantitative estimate of drug-likeness (QED) is 0.211. The zero-order valence-electron chi connectivity index (χ0n) is 28.6. The van der Waals surface area contributed by atoms with Crippen LogP contribution in [0.2, 0.25) is 0 Å². The van der Waals surface area contributed by atoms with Crippen molar-refractivity contribution in [1.29, 1.82) is 0 Å². The highest BCUT2D eigenvalue weighted by Gasteiger charge is 2.47. The number of urea groups is 1. The lowest BCUT2D eigenvalue weighted by atomic mass is 9.81. The van der Waals surface area contributed by atoms with E-state index in [4.69, 9.17) is 5.73 Å². The highest BCUT2D eigenvalue weighted by molar-refractivity contribution is 6.37. The molecule has 0 bridgehead atoms. The molecule has 3 saturated carbocycles. The van der Waals surface area contributed by atoms with E-state index in [1.165, 1.54) is 4.90 Å². The number of carbonyl (C=O) groups excluding carboxylic acids is 6. The summed E-state index contributed by atoms with van der Waals surface area (Å²) in [5, 5.41) is 8.65. The molecule has 3 aliphatic carbocycles. The lowest BCUT2D eigenvalue weighted by Crippen LogP contribution is -2.61. The minimum absolute atomic E-state index is 0.00287. The van der Waals surface area contributed by atoms with Crippen LogP contribution in [-0.4, -0.2) is 70.9 Å². The molecule has 0 aromatic rings. The van der Waals surface area contributed by atoms with Gasteiger partial charge in [-0.1, -0.05) is 73.1 Å². The third-order valence-electron chi connectivity index (χ3n) is 10.9. The van der Waals surface area contributed by atoms with Crippen LogP contribution in [0.4, 0.5) is 4.79 Å². The average Bonchev–Trinajstić information content (AvgIpc) is 3.73. The largest absolute Gasteiger partial charge is 0.363 e. The molecule has 0 aromatic carbocycles. The van der Waals surface area contributed by atoms with Gasteiger partial charge in [-0.15, -0.1) is 0 Å². The number of carbonyl (C=O) groups is 6. The maximum absolute atomic E-state index is 14.3. The second-order valence-corrected chi connectivity index (χ2v) is 15.9. The van der Waals surface area contributed by atoms with E-state index in [1.54, 1.807) is 0 Å². The molecule has 5 atom stereocenters. The predicted molar refractivity (Wildman–Crippen MR) is 174 cm³/mol. The number of nitrogens with two attached hydrogens (primary N) is 1. The molecular weight excluding hydrogens is 586 g/mol. The molecule has 11 nitrogen and oxygen atoms in total. The SMILES string of the molecule is CC(C)[C@@H]1C[C@@H](C(=O)NC(CCC2CCC2)C(=O)C(N)=O)N(C(=O)[C@@H](NC(=O)N[C@H](C(=O)C2CC2)C2CCCCC2)C(C)(C)C)C1. The van der Waals surface area contributed by atoms with E-state index in [2.05, 4.69) is 16.0 Å². The van der Waals surface area contributed by atoms with Gasteiger partial charge >= 0.3 is 6.03 Å². The van der Waals surface area contributed by atoms with Gasteiger partial charge in [0.05, 0.1) is 12.1 Å². The normalized spacial score (nSPS) is 24.4. The van der Waals surface area contributed by atoms with Crippen molar-refractivity contribution < 1.29 is 28.8 Å². The molecular formula is C35H57N5O6. The molecule has 0 spiro atoms. The Kier molecular flexibility index (Phi) is 11.9. The van der Waals surface area contributed by atoms with Crippen molar-refractivity contribution in [2.45, 2.75) is 142 Å². The molecule has 1 aliphatic heterocycles. The topological polar surface area (TPSA) is 168 Å². The van der Waals surface area contributed by atoms with Crippen molar-refractivity contribution in [2.24, 2.45) is 40.7 Å². The fourth-order valence-corrected chi connectivity index (χ4v) is 7.37. The van der Waals surface area contributed by atoms with E-state index in [9.17, 15) is 28.8 Å². The van der Waals surface area contributed by atoms with Crippen LogP contribution in [0.3, 0.4) is 0 Å². The van der Waals surface area contributed by atoms with E-state index in [0.29, 0.717) is 31.7 Å². The first kappa shape index (κ1) is 35.9. The van der Waals surface area contributed by atoms with E-state index in [-0.39, 0.29) is 35.4 Å². The summed E-state index contributed by atoms with van der Waals surface area (Å²) in [5.74, 6) is -1.93. The summed E-state index contributed by atoms with van der Waals surface area (Å²) in [6, 6.07) is -4.00. The van der Waals surface area contributed by atoms with Crippen LogP contribution in [-0.2, 0) is 24.0 Å². The standard InChI is InChI=1S/C35H57N5O6/c1-20(2)24-18-26(32(44)37-25(29(42)31(36)43)17-14-21-10-9-11-21)40(19-24)33(45)30(35(3,4)5)39-34(46)38-27(28(41)23-15-16-23)22-12-7-6-8-13-22/h20-27,30H,6-19H2,1-5H3,(H2,36,43)(H,37,44)(H2,38,39,46)/t24-,25?,26+,27+,30-/m1/s1. The minimum Gasteiger partial charge on any atom is -0.363 e. The summed E-state index contributed by atoms with van der Waals surface area (Å²) in [4.78, 5) is 81.0. The predicted octanol–water partition coefficient (Wildman–Crippen LogP) is 3.62. The molecule has 5 N–H and O–H groups in total. The highest BCUT2D eigenvalue weighted by atomic mass is 16.2. The van der Waals surface area contributed by atoms with Crippen LogP contribution >= 0.6 is 0 Å². The molecule has 258 valence electrons. The molecule has 1 saturated heterocycles. The van der Waals surface area contributed by atoms with E-state index >= 15 is 0 Å². The molecule has 11 heteroatoms. The minimum atomic E-state index is -1.09. The molecule has 4 rings (SSSR count). The van der Waals surface area contributed by atoms with Crippen molar-refractivity contribution in [2.75, 3.05) is 6.54 Å². The molecule has 0 radical (unpaired) electrons. The Labute approximate surface area is 274 Å². The summed E-state index contributed by atoms with van der Waals surface area (Å²) in [7, 11) is 0. The van der Waals surface area contributed by atoms with Crippen LogP contribution in [0, 0.1) is 35.0 Å². The lowest BCUT2D eigenvalue weighted by Gasteiger charge is -2.36. The zero-order valence-corrected chi connectivity index (χ0v) is 28.6. The number of likely N-dealkylation sites (tertiary alicyclic amines) is 1. The fourth-order valence-electron chi connectivity index (χ4n) is 7.37. The lowest BCUT2D eigenvalue weighted by molar-refractivity contribution is -0.143. The monoisotopic (exact) mass is 643 g/mol. The number of rotatable bonds is 14. The maximum Gasteiger partial charge on any atom is 0.316 e. The maximum atomic E-state index is 14.3. The number of nitrogens with zero attached hydrogens (tertiary/aromatic N) is 1. The molecule has 5 amide bonds. The third-order valence-corrected chi connectivity index (χ3v) is 10.9. The second-order valence-electron chi connectivity index (χ2n) is 15.9. The van der Waals surface area contributed by atoms with Gasteiger partial charge in [-0.2, -0.15) is 0 Å². The van der Waals surface area contributed by atoms with E-state index in [0.717, 1.165) is 64.2 Å². The van der Waals surface area contributed by atoms with Gasteiger partial charge < -0.3 is 26.6 Å². The van der Waals surface area contributed by atoms with Gasteiger partial charge in [0, 0.05) is 12.5 Å². The van der Waals surface area contributed by atoms with Gasteiger partial charge in [-0.05, 0) is 74.0 Å². The number of nitrogens with one attached hydrogen (secondary N) is 3. The zero-order chi connectivity index (χ0) is 33.8. The highest BCUT2D eigenvalue weighted by Crippen LogP contribution is 2.36. The van der Waals surface area contributed by atoms with Crippen molar-refractivity contribution in [3.63, 3.8) is 0 Å². The number of Topliss-reactive ketones (excluding diaryl/α,β-unsaturated/α-hetero) is 2. The molecule has 4 aliphatic rings. The number of primary amides is 1. The van der Waals surface area contributed by atoms with Crippen LogP contribution in [0.15, 0.2) is 0 Å². The van der Waals surface area contributed by atoms with Gasteiger partial charge in [0.15, 0.2) is 5.78 Å². The van der Waals surface area contributed by atoms with Gasteiger partial charge in [-0.3, -0.25) is 24.0 Å². The first-order valence-electron chi connectivity index (χ1n) is 17.7. The van der Waals surface area contributed by atoms with Crippen LogP contribution in [0.5, 0.6) is 0 Å². The van der Waals surface area contributed by atoms with Gasteiger partial charge in [0.2, 0.25) is 17.6 Å². The Hall–Kier alpha value is -2.98. The first-order chi connectivity index (χ1) is 21.7. The van der Waals surface area contributed by atoms with Crippen molar-refractivity contribution in [3.8, 4) is 0 Å². The van der Waals surface area contributed by atoms with Gasteiger partial charge in [-0.25, -0.2) is 4.79 Å². The van der Waals surface area contributed by atoms with Gasteiger partial charge in [0.1, 0.15) is 12.1 Å². The van der Waals surface area contributed by atoms with Crippen molar-refractivity contribution in [3.05, 3.63) is 0 Å². The second kappa shape index (κ2) is 15.3. The Morgan fingerprint density at radius 2 is 1.48 bits per heavy atom. The van der Waals surface area contributed by atoms with Crippen LogP contribution in [0.25, 0.3) is 0 Å². The van der Waals surface area contributed by atoms with E-state index in [1.807, 2.05) is 34.6 Å². The molecule has 4 fully saturated rings. The molecule has 1 unspecified atom stereocenters. The fraction of sp³-hybridized carbons (Fsp3) is 0.829. The van der Waals surface area contributed by atoms with Crippen molar-refractivity contribution >= 4 is 35.3 Å². The summed E-state index contributed by atoms with van der Waals surface area (Å²) in [6.45, 7) is 9.98. The third kappa shape index (κ3) is 9.09. The Morgan fingerprint density at radius 1 is 0.826 bits per heavy atom. The molecule has 1 heterocycles. The molecule has 46 heavy (non-hydrogen) atoms. The van der Waals surface area contributed by atoms with Gasteiger partial charge in [0.25, 0.3) is 5.91 Å². The Bertz CT molecular complexity index is 1150. The number of ketones is 2. The van der Waals surface area contributed by atoms with Crippen LogP contribution in [0.1, 0.15) is 118 Å². The van der Waals surface area contributed by atoms with Crippen molar-refractivity contribution in [1.82, 2.24) is 20.9 Å². The number of hydrogen-bond donors (Lipinski definition) is 4. The average molecular weight is 644 g/mol. The smallest absolute Gasteiger partial charge is 0.316 e. The number of amides is 5. The first-order valence-corrected chi connectivity index (χ1v) is 17.7. The summed E-state index contributed by atoms with van der Waals surface area (Å²) in [6.07, 6.45) is 11.4. The summed E-state index contributed by atoms with van der Waals surface area (Å²) in [5.41, 5.74) is 4.63. The van der Waals surface area contributed by atoms with E-state index < -0.39 is 53.2 Å². The Balaban J connectivity index is 1.50. The Morgan fingerprint density at radius 3 is 2.00 bits per heavy atom. The van der Waals surface area contributed by atoms with Crippen LogP contribution < -0.4 is 21.7 Å². The summed E-state index contributed by atoms with van der Waals surface area (Å²) >= 11 is 0. The molecule has 0 aromatic heterocycles. The number of hydrogen-bond acceptors (Lipinski definition) is 6.